The van der Waals surface area contributed by atoms with Gasteiger partial charge in [-0.3, -0.25) is 15.0 Å². The fourth-order valence-corrected chi connectivity index (χ4v) is 4.83. The van der Waals surface area contributed by atoms with Crippen LogP contribution in [0.15, 0.2) is 0 Å². The third-order valence-corrected chi connectivity index (χ3v) is 6.65. The minimum atomic E-state index is -0.0302. The maximum absolute atomic E-state index is 12.8. The molecule has 24 heavy (non-hydrogen) atoms. The summed E-state index contributed by atoms with van der Waals surface area (Å²) in [5, 5.41) is 13.0. The third-order valence-electron chi connectivity index (χ3n) is 5.39. The Morgan fingerprint density at radius 3 is 2.58 bits per heavy atom. The Morgan fingerprint density at radius 2 is 1.92 bits per heavy atom. The molecule has 0 bridgehead atoms. The van der Waals surface area contributed by atoms with Gasteiger partial charge >= 0.3 is 0 Å². The van der Waals surface area contributed by atoms with Gasteiger partial charge < -0.3 is 0 Å². The maximum atomic E-state index is 12.8. The lowest BCUT2D eigenvalue weighted by Crippen LogP contribution is -2.48. The highest BCUT2D eigenvalue weighted by atomic mass is 32.1. The molecule has 1 saturated carbocycles. The first kappa shape index (κ1) is 17.8. The second kappa shape index (κ2) is 7.08. The summed E-state index contributed by atoms with van der Waals surface area (Å²) in [4.78, 5) is 15.3. The predicted octanol–water partition coefficient (Wildman–Crippen LogP) is 3.82. The fourth-order valence-electron chi connectivity index (χ4n) is 4.02. The van der Waals surface area contributed by atoms with Gasteiger partial charge in [-0.25, -0.2) is 0 Å². The Bertz CT molecular complexity index is 580. The van der Waals surface area contributed by atoms with Gasteiger partial charge in [0.25, 0.3) is 0 Å². The van der Waals surface area contributed by atoms with Crippen LogP contribution in [0.5, 0.6) is 0 Å². The average molecular weight is 351 g/mol. The summed E-state index contributed by atoms with van der Waals surface area (Å²) in [5.41, 5.74) is -0.0302. The summed E-state index contributed by atoms with van der Waals surface area (Å²) in [6.07, 6.45) is 7.23. The van der Waals surface area contributed by atoms with Crippen molar-refractivity contribution >= 4 is 22.4 Å². The van der Waals surface area contributed by atoms with Crippen molar-refractivity contribution in [2.45, 2.75) is 83.7 Å². The molecule has 2 aliphatic rings. The highest BCUT2D eigenvalue weighted by molar-refractivity contribution is 7.15. The van der Waals surface area contributed by atoms with E-state index >= 15 is 0 Å². The zero-order valence-electron chi connectivity index (χ0n) is 15.3. The number of carbonyl (C=O) groups is 1. The van der Waals surface area contributed by atoms with E-state index in [4.69, 9.17) is 0 Å². The van der Waals surface area contributed by atoms with E-state index in [9.17, 15) is 4.79 Å². The summed E-state index contributed by atoms with van der Waals surface area (Å²) < 4.78 is 0. The van der Waals surface area contributed by atoms with Crippen molar-refractivity contribution in [1.29, 1.82) is 0 Å². The summed E-state index contributed by atoms with van der Waals surface area (Å²) >= 11 is 1.49. The Balaban J connectivity index is 1.66. The molecule has 2 heterocycles. The van der Waals surface area contributed by atoms with Gasteiger partial charge in [0, 0.05) is 11.5 Å². The number of hydrogen-bond acceptors (Lipinski definition) is 5. The summed E-state index contributed by atoms with van der Waals surface area (Å²) in [5.74, 6) is 0.794. The second-order valence-electron chi connectivity index (χ2n) is 8.38. The first-order valence-electron chi connectivity index (χ1n) is 9.27. The normalized spacial score (nSPS) is 28.9. The Hall–Kier alpha value is -1.01. The molecule has 1 N–H and O–H groups in total. The highest BCUT2D eigenvalue weighted by Gasteiger charge is 2.38. The van der Waals surface area contributed by atoms with Crippen molar-refractivity contribution in [2.24, 2.45) is 5.92 Å². The van der Waals surface area contributed by atoms with Crippen LogP contribution in [-0.4, -0.2) is 39.6 Å². The van der Waals surface area contributed by atoms with Gasteiger partial charge in [0.15, 0.2) is 0 Å². The molecule has 3 rings (SSSR count). The number of likely N-dealkylation sites (tertiary alicyclic amines) is 1. The van der Waals surface area contributed by atoms with Crippen LogP contribution < -0.4 is 5.32 Å². The molecular formula is C18H30N4OS. The van der Waals surface area contributed by atoms with Gasteiger partial charge in [-0.05, 0) is 38.1 Å². The van der Waals surface area contributed by atoms with Crippen LogP contribution in [0.25, 0.3) is 0 Å². The lowest BCUT2D eigenvalue weighted by molar-refractivity contribution is -0.121. The summed E-state index contributed by atoms with van der Waals surface area (Å²) in [6.45, 7) is 9.74. The zero-order valence-corrected chi connectivity index (χ0v) is 16.2. The van der Waals surface area contributed by atoms with Gasteiger partial charge in [0.1, 0.15) is 5.01 Å². The number of hydrogen-bond donors (Lipinski definition) is 1. The summed E-state index contributed by atoms with van der Waals surface area (Å²) in [7, 11) is 0. The Kier molecular flexibility index (Phi) is 5.25. The van der Waals surface area contributed by atoms with E-state index in [1.165, 1.54) is 37.0 Å². The molecule has 2 unspecified atom stereocenters. The molecule has 1 aromatic heterocycles. The number of anilines is 1. The molecule has 134 valence electrons. The lowest BCUT2D eigenvalue weighted by Gasteiger charge is -2.39. The molecule has 0 spiro atoms. The number of nitrogens with one attached hydrogen (secondary N) is 1. The van der Waals surface area contributed by atoms with E-state index in [0.717, 1.165) is 24.4 Å². The number of amides is 1. The van der Waals surface area contributed by atoms with Crippen molar-refractivity contribution in [3.63, 3.8) is 0 Å². The predicted molar refractivity (Wildman–Crippen MR) is 98.4 cm³/mol. The minimum Gasteiger partial charge on any atom is -0.299 e. The molecule has 1 aromatic rings. The van der Waals surface area contributed by atoms with Crippen LogP contribution in [0.1, 0.15) is 71.2 Å². The fraction of sp³-hybridized carbons (Fsp3) is 0.833. The first-order chi connectivity index (χ1) is 11.4. The molecule has 3 atom stereocenters. The van der Waals surface area contributed by atoms with Crippen LogP contribution in [0.4, 0.5) is 5.13 Å². The van der Waals surface area contributed by atoms with Gasteiger partial charge in [0.2, 0.25) is 11.0 Å². The standard InChI is InChI=1S/C18H30N4OS/c1-12-8-5-6-9-13(12)22-11-7-10-14(22)15(23)19-17-21-20-16(24-17)18(2,3)4/h12-14H,5-11H2,1-4H3,(H,19,21,23)/t12?,13?,14-/m0/s1. The molecule has 1 saturated heterocycles. The van der Waals surface area contributed by atoms with Gasteiger partial charge in [0.05, 0.1) is 6.04 Å². The van der Waals surface area contributed by atoms with Crippen molar-refractivity contribution in [1.82, 2.24) is 15.1 Å². The minimum absolute atomic E-state index is 0.00228. The first-order valence-corrected chi connectivity index (χ1v) is 10.1. The van der Waals surface area contributed by atoms with E-state index in [1.807, 2.05) is 0 Å². The monoisotopic (exact) mass is 350 g/mol. The molecule has 6 heteroatoms. The SMILES string of the molecule is CC1CCCCC1N1CCC[C@H]1C(=O)Nc1nnc(C(C)(C)C)s1. The van der Waals surface area contributed by atoms with Gasteiger partial charge in [-0.15, -0.1) is 10.2 Å². The lowest BCUT2D eigenvalue weighted by atomic mass is 9.84. The Labute approximate surface area is 149 Å². The van der Waals surface area contributed by atoms with Crippen molar-refractivity contribution in [3.8, 4) is 0 Å². The maximum Gasteiger partial charge on any atom is 0.243 e. The van der Waals surface area contributed by atoms with Crippen LogP contribution >= 0.6 is 11.3 Å². The largest absolute Gasteiger partial charge is 0.299 e. The van der Waals surface area contributed by atoms with Crippen molar-refractivity contribution in [2.75, 3.05) is 11.9 Å². The quantitative estimate of drug-likeness (QED) is 0.900. The molecular weight excluding hydrogens is 320 g/mol. The van der Waals surface area contributed by atoms with E-state index < -0.39 is 0 Å². The summed E-state index contributed by atoms with van der Waals surface area (Å²) in [6, 6.07) is 0.564. The highest BCUT2D eigenvalue weighted by Crippen LogP contribution is 2.34. The number of carbonyl (C=O) groups excluding carboxylic acids is 1. The van der Waals surface area contributed by atoms with E-state index in [1.54, 1.807) is 0 Å². The second-order valence-corrected chi connectivity index (χ2v) is 9.35. The van der Waals surface area contributed by atoms with E-state index in [-0.39, 0.29) is 17.4 Å². The number of aromatic nitrogens is 2. The molecule has 0 radical (unpaired) electrons. The van der Waals surface area contributed by atoms with E-state index in [2.05, 4.69) is 48.1 Å². The molecule has 1 aliphatic carbocycles. The zero-order chi connectivity index (χ0) is 17.3. The molecule has 1 amide bonds. The molecule has 0 aromatic carbocycles. The average Bonchev–Trinajstić information content (AvgIpc) is 3.16. The molecule has 1 aliphatic heterocycles. The van der Waals surface area contributed by atoms with Crippen LogP contribution in [0.3, 0.4) is 0 Å². The number of rotatable bonds is 3. The van der Waals surface area contributed by atoms with Gasteiger partial charge in [-0.2, -0.15) is 0 Å². The van der Waals surface area contributed by atoms with E-state index in [0.29, 0.717) is 17.1 Å². The smallest absolute Gasteiger partial charge is 0.243 e. The third kappa shape index (κ3) is 3.80. The van der Waals surface area contributed by atoms with Crippen molar-refractivity contribution < 1.29 is 4.79 Å². The Morgan fingerprint density at radius 1 is 1.17 bits per heavy atom. The molecule has 2 fully saturated rings. The van der Waals surface area contributed by atoms with Crippen molar-refractivity contribution in [3.05, 3.63) is 5.01 Å². The number of nitrogens with zero attached hydrogens (tertiary/aromatic N) is 3. The van der Waals surface area contributed by atoms with Crippen LogP contribution in [0.2, 0.25) is 0 Å². The van der Waals surface area contributed by atoms with Crippen LogP contribution in [0, 0.1) is 5.92 Å². The van der Waals surface area contributed by atoms with Crippen LogP contribution in [-0.2, 0) is 10.2 Å². The molecule has 5 nitrogen and oxygen atoms in total. The topological polar surface area (TPSA) is 58.1 Å². The van der Waals surface area contributed by atoms with Gasteiger partial charge in [-0.1, -0.05) is 51.9 Å².